The molecular formula is C23H37IN6. The summed E-state index contributed by atoms with van der Waals surface area (Å²) in [5.41, 5.74) is 3.81. The summed E-state index contributed by atoms with van der Waals surface area (Å²) in [5.74, 6) is 0.837. The summed E-state index contributed by atoms with van der Waals surface area (Å²) < 4.78 is 1.88. The lowest BCUT2D eigenvalue weighted by molar-refractivity contribution is 0.184. The van der Waals surface area contributed by atoms with E-state index >= 15 is 0 Å². The first-order chi connectivity index (χ1) is 14.2. The fourth-order valence-corrected chi connectivity index (χ4v) is 4.04. The minimum atomic E-state index is 0. The number of aliphatic imine (C=N–C) groups is 1. The van der Waals surface area contributed by atoms with Gasteiger partial charge in [0.15, 0.2) is 5.96 Å². The maximum absolute atomic E-state index is 4.84. The predicted octanol–water partition coefficient (Wildman–Crippen LogP) is 4.06. The maximum atomic E-state index is 4.84. The van der Waals surface area contributed by atoms with Crippen molar-refractivity contribution in [3.8, 4) is 0 Å². The van der Waals surface area contributed by atoms with Crippen molar-refractivity contribution in [3.05, 3.63) is 53.3 Å². The van der Waals surface area contributed by atoms with Crippen molar-refractivity contribution in [1.29, 1.82) is 0 Å². The molecule has 30 heavy (non-hydrogen) atoms. The third-order valence-corrected chi connectivity index (χ3v) is 5.85. The van der Waals surface area contributed by atoms with Crippen molar-refractivity contribution in [2.24, 2.45) is 12.0 Å². The van der Waals surface area contributed by atoms with Crippen molar-refractivity contribution in [2.75, 3.05) is 13.6 Å². The molecule has 0 radical (unpaired) electrons. The number of aromatic nitrogens is 2. The van der Waals surface area contributed by atoms with E-state index in [2.05, 4.69) is 58.9 Å². The minimum Gasteiger partial charge on any atom is -0.357 e. The SMILES string of the molecule is CCNC(=NCc1ccccc1CN(C)C1CCCCC1)NCc1ccnn1C.I. The molecule has 0 unspecified atom stereocenters. The number of guanidine groups is 1. The van der Waals surface area contributed by atoms with E-state index in [-0.39, 0.29) is 24.0 Å². The summed E-state index contributed by atoms with van der Waals surface area (Å²) in [6.07, 6.45) is 8.62. The number of benzene rings is 1. The number of hydrogen-bond donors (Lipinski definition) is 2. The third-order valence-electron chi connectivity index (χ3n) is 5.85. The Labute approximate surface area is 198 Å². The Hall–Kier alpha value is -1.61. The van der Waals surface area contributed by atoms with E-state index in [4.69, 9.17) is 4.99 Å². The zero-order chi connectivity index (χ0) is 20.5. The smallest absolute Gasteiger partial charge is 0.191 e. The van der Waals surface area contributed by atoms with Gasteiger partial charge in [-0.1, -0.05) is 43.5 Å². The molecule has 0 aliphatic heterocycles. The molecule has 2 N–H and O–H groups in total. The van der Waals surface area contributed by atoms with Gasteiger partial charge in [0.1, 0.15) is 0 Å². The Morgan fingerprint density at radius 3 is 2.53 bits per heavy atom. The maximum Gasteiger partial charge on any atom is 0.191 e. The van der Waals surface area contributed by atoms with Crippen LogP contribution >= 0.6 is 24.0 Å². The van der Waals surface area contributed by atoms with Crippen LogP contribution in [0.1, 0.15) is 55.8 Å². The lowest BCUT2D eigenvalue weighted by Gasteiger charge is -2.31. The molecule has 1 aromatic carbocycles. The molecule has 0 saturated heterocycles. The van der Waals surface area contributed by atoms with Crippen molar-refractivity contribution in [3.63, 3.8) is 0 Å². The number of hydrogen-bond acceptors (Lipinski definition) is 3. The van der Waals surface area contributed by atoms with Crippen LogP contribution in [-0.2, 0) is 26.7 Å². The fourth-order valence-electron chi connectivity index (χ4n) is 4.04. The molecule has 0 bridgehead atoms. The van der Waals surface area contributed by atoms with Gasteiger partial charge in [-0.25, -0.2) is 4.99 Å². The van der Waals surface area contributed by atoms with Gasteiger partial charge in [0.05, 0.1) is 18.8 Å². The largest absolute Gasteiger partial charge is 0.357 e. The van der Waals surface area contributed by atoms with Crippen LogP contribution in [0.15, 0.2) is 41.5 Å². The van der Waals surface area contributed by atoms with Gasteiger partial charge >= 0.3 is 0 Å². The monoisotopic (exact) mass is 524 g/mol. The first-order valence-corrected chi connectivity index (χ1v) is 10.9. The highest BCUT2D eigenvalue weighted by molar-refractivity contribution is 14.0. The molecule has 1 fully saturated rings. The van der Waals surface area contributed by atoms with Crippen LogP contribution in [0, 0.1) is 0 Å². The van der Waals surface area contributed by atoms with Crippen molar-refractivity contribution in [1.82, 2.24) is 25.3 Å². The normalized spacial score (nSPS) is 15.1. The number of nitrogens with zero attached hydrogens (tertiary/aromatic N) is 4. The standard InChI is InChI=1S/C23H36N6.HI/c1-4-24-23(26-17-22-14-15-27-29(22)3)25-16-19-10-8-9-11-20(19)18-28(2)21-12-6-5-7-13-21;/h8-11,14-15,21H,4-7,12-13,16-18H2,1-3H3,(H2,24,25,26);1H. The average molecular weight is 524 g/mol. The molecule has 0 amide bonds. The van der Waals surface area contributed by atoms with Gasteiger partial charge in [-0.2, -0.15) is 5.10 Å². The van der Waals surface area contributed by atoms with Crippen LogP contribution in [0.25, 0.3) is 0 Å². The minimum absolute atomic E-state index is 0. The molecular weight excluding hydrogens is 487 g/mol. The van der Waals surface area contributed by atoms with Gasteiger partial charge in [0, 0.05) is 32.4 Å². The first-order valence-electron chi connectivity index (χ1n) is 10.9. The van der Waals surface area contributed by atoms with E-state index in [0.29, 0.717) is 13.1 Å². The molecule has 2 aromatic rings. The van der Waals surface area contributed by atoms with Crippen molar-refractivity contribution >= 4 is 29.9 Å². The highest BCUT2D eigenvalue weighted by Crippen LogP contribution is 2.23. The molecule has 6 nitrogen and oxygen atoms in total. The molecule has 1 aromatic heterocycles. The lowest BCUT2D eigenvalue weighted by atomic mass is 9.94. The second-order valence-electron chi connectivity index (χ2n) is 7.97. The van der Waals surface area contributed by atoms with Crippen LogP contribution < -0.4 is 10.6 Å². The number of nitrogens with one attached hydrogen (secondary N) is 2. The summed E-state index contributed by atoms with van der Waals surface area (Å²) >= 11 is 0. The van der Waals surface area contributed by atoms with Crippen LogP contribution in [0.5, 0.6) is 0 Å². The summed E-state index contributed by atoms with van der Waals surface area (Å²) in [5, 5.41) is 11.0. The zero-order valence-corrected chi connectivity index (χ0v) is 20.9. The van der Waals surface area contributed by atoms with E-state index in [0.717, 1.165) is 30.8 Å². The number of aryl methyl sites for hydroxylation is 1. The van der Waals surface area contributed by atoms with E-state index in [1.54, 1.807) is 0 Å². The summed E-state index contributed by atoms with van der Waals surface area (Å²) in [7, 11) is 4.23. The third kappa shape index (κ3) is 7.27. The number of rotatable bonds is 8. The van der Waals surface area contributed by atoms with Gasteiger partial charge < -0.3 is 10.6 Å². The van der Waals surface area contributed by atoms with Gasteiger partial charge in [0.2, 0.25) is 0 Å². The lowest BCUT2D eigenvalue weighted by Crippen LogP contribution is -2.37. The Balaban J connectivity index is 0.00000320. The molecule has 1 aliphatic rings. The Kier molecular flexibility index (Phi) is 10.6. The summed E-state index contributed by atoms with van der Waals surface area (Å²) in [4.78, 5) is 7.37. The summed E-state index contributed by atoms with van der Waals surface area (Å²) in [6.45, 7) is 5.30. The second kappa shape index (κ2) is 12.9. The second-order valence-corrected chi connectivity index (χ2v) is 7.97. The average Bonchev–Trinajstić information content (AvgIpc) is 3.16. The Morgan fingerprint density at radius 2 is 1.87 bits per heavy atom. The highest BCUT2D eigenvalue weighted by Gasteiger charge is 2.18. The number of halogens is 1. The molecule has 0 spiro atoms. The molecule has 1 heterocycles. The van der Waals surface area contributed by atoms with Crippen LogP contribution in [0.2, 0.25) is 0 Å². The van der Waals surface area contributed by atoms with E-state index in [1.165, 1.54) is 43.2 Å². The fraction of sp³-hybridized carbons (Fsp3) is 0.565. The molecule has 3 rings (SSSR count). The first kappa shape index (κ1) is 24.7. The van der Waals surface area contributed by atoms with E-state index in [1.807, 2.05) is 24.0 Å². The van der Waals surface area contributed by atoms with E-state index in [9.17, 15) is 0 Å². The Bertz CT molecular complexity index is 782. The van der Waals surface area contributed by atoms with E-state index < -0.39 is 0 Å². The molecule has 1 saturated carbocycles. The quantitative estimate of drug-likeness (QED) is 0.311. The van der Waals surface area contributed by atoms with Crippen LogP contribution in [0.4, 0.5) is 0 Å². The summed E-state index contributed by atoms with van der Waals surface area (Å²) in [6, 6.07) is 11.5. The molecule has 0 atom stereocenters. The van der Waals surface area contributed by atoms with Gasteiger partial charge in [-0.15, -0.1) is 24.0 Å². The molecule has 166 valence electrons. The Morgan fingerprint density at radius 1 is 1.13 bits per heavy atom. The molecule has 7 heteroatoms. The highest BCUT2D eigenvalue weighted by atomic mass is 127. The topological polar surface area (TPSA) is 57.5 Å². The predicted molar refractivity (Wildman–Crippen MR) is 135 cm³/mol. The van der Waals surface area contributed by atoms with Crippen LogP contribution in [-0.4, -0.2) is 40.3 Å². The van der Waals surface area contributed by atoms with Gasteiger partial charge in [0.25, 0.3) is 0 Å². The zero-order valence-electron chi connectivity index (χ0n) is 18.6. The van der Waals surface area contributed by atoms with Gasteiger partial charge in [-0.3, -0.25) is 9.58 Å². The van der Waals surface area contributed by atoms with Crippen LogP contribution in [0.3, 0.4) is 0 Å². The van der Waals surface area contributed by atoms with Crippen molar-refractivity contribution in [2.45, 2.75) is 64.7 Å². The molecule has 1 aliphatic carbocycles. The van der Waals surface area contributed by atoms with Gasteiger partial charge in [-0.05, 0) is 44.0 Å². The van der Waals surface area contributed by atoms with Crippen molar-refractivity contribution < 1.29 is 0 Å².